The summed E-state index contributed by atoms with van der Waals surface area (Å²) in [7, 11) is 0. The number of rotatable bonds is 3. The third-order valence-corrected chi connectivity index (χ3v) is 4.76. The quantitative estimate of drug-likeness (QED) is 0.737. The van der Waals surface area contributed by atoms with E-state index in [0.717, 1.165) is 12.1 Å². The van der Waals surface area contributed by atoms with Crippen LogP contribution in [0.5, 0.6) is 0 Å². The summed E-state index contributed by atoms with van der Waals surface area (Å²) < 4.78 is 43.5. The van der Waals surface area contributed by atoms with Gasteiger partial charge in [0.1, 0.15) is 23.3 Å². The number of hydrogen-bond donors (Lipinski definition) is 1. The minimum atomic E-state index is -1.10. The van der Waals surface area contributed by atoms with Crippen molar-refractivity contribution in [3.05, 3.63) is 47.0 Å². The van der Waals surface area contributed by atoms with Crippen molar-refractivity contribution in [2.45, 2.75) is 25.2 Å². The fourth-order valence-corrected chi connectivity index (χ4v) is 3.36. The lowest BCUT2D eigenvalue weighted by Crippen LogP contribution is -2.50. The number of alkyl halides is 1. The van der Waals surface area contributed by atoms with Crippen molar-refractivity contribution in [2.24, 2.45) is 5.73 Å². The van der Waals surface area contributed by atoms with Crippen molar-refractivity contribution >= 4 is 28.6 Å². The lowest BCUT2D eigenvalue weighted by Gasteiger charge is -2.34. The van der Waals surface area contributed by atoms with Crippen LogP contribution >= 0.6 is 11.6 Å². The molecule has 0 spiro atoms. The molecule has 2 N–H and O–H groups in total. The average molecular weight is 397 g/mol. The highest BCUT2D eigenvalue weighted by Gasteiger charge is 2.30. The van der Waals surface area contributed by atoms with Crippen molar-refractivity contribution in [1.29, 1.82) is 0 Å². The van der Waals surface area contributed by atoms with Gasteiger partial charge >= 0.3 is 0 Å². The molecule has 3 aromatic rings. The Hall–Kier alpha value is -2.39. The molecule has 2 atom stereocenters. The molecule has 0 radical (unpaired) electrons. The molecule has 1 aromatic carbocycles. The molecule has 0 aliphatic carbocycles. The molecule has 6 nitrogen and oxygen atoms in total. The summed E-state index contributed by atoms with van der Waals surface area (Å²) in [6, 6.07) is 1.27. The van der Waals surface area contributed by atoms with Crippen LogP contribution in [0.3, 0.4) is 0 Å². The molecule has 0 bridgehead atoms. The standard InChI is InChI=1S/C17H16ClF3N6/c18-9-5-23-15(24-6-9)8-27-16-12(21)3-10(19)4-14(16)25-17(27)26-2-1-11(20)13(22)7-26/h3-6,11,13H,1-2,7-8,22H2. The first-order valence-corrected chi connectivity index (χ1v) is 8.76. The van der Waals surface area contributed by atoms with Crippen LogP contribution in [-0.2, 0) is 6.54 Å². The van der Waals surface area contributed by atoms with Gasteiger partial charge in [-0.1, -0.05) is 11.6 Å². The number of hydrogen-bond acceptors (Lipinski definition) is 5. The predicted octanol–water partition coefficient (Wildman–Crippen LogP) is 2.68. The van der Waals surface area contributed by atoms with E-state index in [2.05, 4.69) is 15.0 Å². The lowest BCUT2D eigenvalue weighted by molar-refractivity contribution is 0.243. The van der Waals surface area contributed by atoms with Crippen LogP contribution in [0.1, 0.15) is 12.2 Å². The Balaban J connectivity index is 1.82. The van der Waals surface area contributed by atoms with E-state index in [0.29, 0.717) is 23.3 Å². The number of halogens is 4. The second kappa shape index (κ2) is 6.97. The highest BCUT2D eigenvalue weighted by atomic mass is 35.5. The van der Waals surface area contributed by atoms with Gasteiger partial charge in [-0.3, -0.25) is 4.57 Å². The van der Waals surface area contributed by atoms with E-state index in [1.165, 1.54) is 12.4 Å². The lowest BCUT2D eigenvalue weighted by atomic mass is 10.1. The normalized spacial score (nSPS) is 20.4. The summed E-state index contributed by atoms with van der Waals surface area (Å²) in [5.41, 5.74) is 6.13. The average Bonchev–Trinajstić information content (AvgIpc) is 2.97. The summed E-state index contributed by atoms with van der Waals surface area (Å²) in [4.78, 5) is 14.4. The highest BCUT2D eigenvalue weighted by molar-refractivity contribution is 6.30. The first-order chi connectivity index (χ1) is 12.9. The first-order valence-electron chi connectivity index (χ1n) is 8.38. The zero-order valence-corrected chi connectivity index (χ0v) is 14.9. The zero-order chi connectivity index (χ0) is 19.1. The molecule has 1 aliphatic heterocycles. The van der Waals surface area contributed by atoms with Crippen molar-refractivity contribution in [3.8, 4) is 0 Å². The van der Waals surface area contributed by atoms with Gasteiger partial charge in [-0.25, -0.2) is 28.1 Å². The van der Waals surface area contributed by atoms with Gasteiger partial charge in [0.15, 0.2) is 5.82 Å². The van der Waals surface area contributed by atoms with Crippen LogP contribution < -0.4 is 10.6 Å². The number of anilines is 1. The molecule has 1 aliphatic rings. The van der Waals surface area contributed by atoms with Gasteiger partial charge in [0.25, 0.3) is 0 Å². The molecule has 1 fully saturated rings. The second-order valence-corrected chi connectivity index (χ2v) is 6.92. The summed E-state index contributed by atoms with van der Waals surface area (Å²) >= 11 is 5.81. The Morgan fingerprint density at radius 3 is 2.67 bits per heavy atom. The maximum atomic E-state index is 14.5. The number of nitrogens with zero attached hydrogens (tertiary/aromatic N) is 5. The maximum Gasteiger partial charge on any atom is 0.207 e. The van der Waals surface area contributed by atoms with Gasteiger partial charge in [0, 0.05) is 37.6 Å². The van der Waals surface area contributed by atoms with Gasteiger partial charge < -0.3 is 10.6 Å². The Morgan fingerprint density at radius 2 is 1.96 bits per heavy atom. The van der Waals surface area contributed by atoms with Crippen molar-refractivity contribution in [3.63, 3.8) is 0 Å². The second-order valence-electron chi connectivity index (χ2n) is 6.49. The molecule has 10 heteroatoms. The van der Waals surface area contributed by atoms with E-state index >= 15 is 0 Å². The van der Waals surface area contributed by atoms with Gasteiger partial charge in [-0.15, -0.1) is 0 Å². The van der Waals surface area contributed by atoms with Crippen LogP contribution in [-0.4, -0.2) is 44.8 Å². The molecular formula is C17H16ClF3N6. The van der Waals surface area contributed by atoms with Crippen LogP contribution in [0, 0.1) is 11.6 Å². The Kier molecular flexibility index (Phi) is 4.65. The van der Waals surface area contributed by atoms with E-state index in [1.54, 1.807) is 9.47 Å². The van der Waals surface area contributed by atoms with Crippen LogP contribution in [0.25, 0.3) is 11.0 Å². The zero-order valence-electron chi connectivity index (χ0n) is 14.1. The Morgan fingerprint density at radius 1 is 1.22 bits per heavy atom. The minimum absolute atomic E-state index is 0.0936. The van der Waals surface area contributed by atoms with Gasteiger partial charge in [-0.2, -0.15) is 0 Å². The van der Waals surface area contributed by atoms with Crippen molar-refractivity contribution in [2.75, 3.05) is 18.0 Å². The molecule has 1 saturated heterocycles. The van der Waals surface area contributed by atoms with E-state index in [-0.39, 0.29) is 30.5 Å². The van der Waals surface area contributed by atoms with Crippen molar-refractivity contribution < 1.29 is 13.2 Å². The number of imidazole rings is 1. The summed E-state index contributed by atoms with van der Waals surface area (Å²) in [5, 5.41) is 0.374. The third kappa shape index (κ3) is 3.44. The van der Waals surface area contributed by atoms with E-state index in [4.69, 9.17) is 17.3 Å². The van der Waals surface area contributed by atoms with Crippen LogP contribution in [0.4, 0.5) is 19.1 Å². The largest absolute Gasteiger partial charge is 0.340 e. The Labute approximate surface area is 157 Å². The number of benzene rings is 1. The van der Waals surface area contributed by atoms with E-state index < -0.39 is 23.8 Å². The summed E-state index contributed by atoms with van der Waals surface area (Å²) in [6.45, 7) is 0.677. The summed E-state index contributed by atoms with van der Waals surface area (Å²) in [5.74, 6) is -0.718. The Bertz CT molecular complexity index is 977. The van der Waals surface area contributed by atoms with E-state index in [9.17, 15) is 13.2 Å². The predicted molar refractivity (Wildman–Crippen MR) is 95.5 cm³/mol. The van der Waals surface area contributed by atoms with Crippen LogP contribution in [0.2, 0.25) is 5.02 Å². The number of piperidine rings is 1. The molecule has 3 heterocycles. The molecule has 27 heavy (non-hydrogen) atoms. The van der Waals surface area contributed by atoms with Gasteiger partial charge in [0.05, 0.1) is 23.1 Å². The van der Waals surface area contributed by atoms with Gasteiger partial charge in [-0.05, 0) is 6.42 Å². The topological polar surface area (TPSA) is 72.9 Å². The molecule has 4 rings (SSSR count). The smallest absolute Gasteiger partial charge is 0.207 e. The van der Waals surface area contributed by atoms with Crippen molar-refractivity contribution in [1.82, 2.24) is 19.5 Å². The molecule has 0 amide bonds. The van der Waals surface area contributed by atoms with Gasteiger partial charge in [0.2, 0.25) is 5.95 Å². The molecule has 142 valence electrons. The molecular weight excluding hydrogens is 381 g/mol. The fourth-order valence-electron chi connectivity index (χ4n) is 3.26. The molecule has 2 unspecified atom stereocenters. The highest BCUT2D eigenvalue weighted by Crippen LogP contribution is 2.29. The fraction of sp³-hybridized carbons (Fsp3) is 0.353. The minimum Gasteiger partial charge on any atom is -0.340 e. The third-order valence-electron chi connectivity index (χ3n) is 4.57. The molecule has 2 aromatic heterocycles. The number of aromatic nitrogens is 4. The summed E-state index contributed by atoms with van der Waals surface area (Å²) in [6.07, 6.45) is 2.00. The maximum absolute atomic E-state index is 14.5. The van der Waals surface area contributed by atoms with E-state index in [1.807, 2.05) is 0 Å². The first kappa shape index (κ1) is 18.0. The molecule has 0 saturated carbocycles. The van der Waals surface area contributed by atoms with Crippen LogP contribution in [0.15, 0.2) is 24.5 Å². The monoisotopic (exact) mass is 396 g/mol. The number of nitrogens with two attached hydrogens (primary N) is 1. The number of fused-ring (bicyclic) bond motifs is 1. The SMILES string of the molecule is NC1CN(c2nc3cc(F)cc(F)c3n2Cc2ncc(Cl)cn2)CCC1F.